The van der Waals surface area contributed by atoms with Gasteiger partial charge in [0.05, 0.1) is 28.8 Å². The van der Waals surface area contributed by atoms with E-state index in [1.807, 2.05) is 30.8 Å². The van der Waals surface area contributed by atoms with Gasteiger partial charge in [-0.1, -0.05) is 35.8 Å². The molecule has 1 saturated heterocycles. The van der Waals surface area contributed by atoms with Gasteiger partial charge in [-0.3, -0.25) is 9.59 Å². The van der Waals surface area contributed by atoms with E-state index in [-0.39, 0.29) is 69.3 Å². The molecule has 1 N–H and O–H groups in total. The van der Waals surface area contributed by atoms with E-state index in [1.54, 1.807) is 21.9 Å². The van der Waals surface area contributed by atoms with Crippen molar-refractivity contribution in [3.63, 3.8) is 0 Å². The van der Waals surface area contributed by atoms with Gasteiger partial charge in [-0.2, -0.15) is 0 Å². The number of aromatic nitrogens is 1. The third kappa shape index (κ3) is 4.27. The fourth-order valence-corrected chi connectivity index (χ4v) is 6.67. The number of pyridine rings is 1. The molecule has 6 rings (SSSR count). The summed E-state index contributed by atoms with van der Waals surface area (Å²) in [5.74, 6) is -1.33. The van der Waals surface area contributed by atoms with E-state index in [4.69, 9.17) is 27.9 Å². The molecule has 3 atom stereocenters. The third-order valence-corrected chi connectivity index (χ3v) is 8.48. The molecule has 2 aromatic carbocycles. The zero-order chi connectivity index (χ0) is 29.3. The number of hydrogen-bond donors (Lipinski definition) is 1. The minimum absolute atomic E-state index is 0.0205. The van der Waals surface area contributed by atoms with Crippen molar-refractivity contribution in [1.29, 1.82) is 0 Å². The molecule has 9 nitrogen and oxygen atoms in total. The molecule has 0 unspecified atom stereocenters. The van der Waals surface area contributed by atoms with Crippen LogP contribution in [-0.4, -0.2) is 90.2 Å². The second kappa shape index (κ2) is 10.0. The lowest BCUT2D eigenvalue weighted by molar-refractivity contribution is -0.131. The molecule has 3 aromatic rings. The van der Waals surface area contributed by atoms with Crippen molar-refractivity contribution < 1.29 is 23.8 Å². The topological polar surface area (TPSA) is 89.5 Å². The van der Waals surface area contributed by atoms with Gasteiger partial charge in [0.15, 0.2) is 5.82 Å². The van der Waals surface area contributed by atoms with Crippen molar-refractivity contribution in [1.82, 2.24) is 14.8 Å². The molecule has 2 amide bonds. The summed E-state index contributed by atoms with van der Waals surface area (Å²) in [7, 11) is 3.78. The summed E-state index contributed by atoms with van der Waals surface area (Å²) in [6.45, 7) is 6.71. The average Bonchev–Trinajstić information content (AvgIpc) is 2.91. The second-order valence-corrected chi connectivity index (χ2v) is 11.7. The van der Waals surface area contributed by atoms with Crippen molar-refractivity contribution in [3.8, 4) is 22.8 Å². The second-order valence-electron chi connectivity index (χ2n) is 10.9. The van der Waals surface area contributed by atoms with E-state index >= 15 is 4.39 Å². The third-order valence-electron chi connectivity index (χ3n) is 7.87. The molecule has 1 fully saturated rings. The number of ether oxygens (including phenoxy) is 1. The molecule has 0 spiro atoms. The Kier molecular flexibility index (Phi) is 6.75. The molecule has 0 saturated carbocycles. The highest BCUT2D eigenvalue weighted by Gasteiger charge is 2.49. The Hall–Kier alpha value is -3.60. The van der Waals surface area contributed by atoms with Crippen LogP contribution < -0.4 is 14.5 Å². The van der Waals surface area contributed by atoms with Crippen LogP contribution in [0.3, 0.4) is 0 Å². The van der Waals surface area contributed by atoms with Crippen LogP contribution in [0.25, 0.3) is 22.0 Å². The van der Waals surface area contributed by atoms with Crippen LogP contribution in [0.4, 0.5) is 15.8 Å². The van der Waals surface area contributed by atoms with Crippen molar-refractivity contribution in [2.45, 2.75) is 25.1 Å². The maximum atomic E-state index is 16.5. The number of piperazine rings is 1. The van der Waals surface area contributed by atoms with E-state index in [0.29, 0.717) is 29.9 Å². The number of nitrogens with zero attached hydrogens (tertiary/aromatic N) is 5. The summed E-state index contributed by atoms with van der Waals surface area (Å²) >= 11 is 13.1. The van der Waals surface area contributed by atoms with Gasteiger partial charge in [-0.15, -0.1) is 0 Å². The van der Waals surface area contributed by atoms with Gasteiger partial charge >= 0.3 is 0 Å². The quantitative estimate of drug-likeness (QED) is 0.447. The van der Waals surface area contributed by atoms with Crippen molar-refractivity contribution in [2.75, 3.05) is 50.1 Å². The molecule has 3 aliphatic heterocycles. The van der Waals surface area contributed by atoms with Gasteiger partial charge in [0.25, 0.3) is 5.91 Å². The lowest BCUT2D eigenvalue weighted by Crippen LogP contribution is -2.67. The normalized spacial score (nSPS) is 21.6. The minimum atomic E-state index is -0.776. The summed E-state index contributed by atoms with van der Waals surface area (Å²) in [5, 5.41) is 11.1. The summed E-state index contributed by atoms with van der Waals surface area (Å²) in [4.78, 5) is 38.4. The molecule has 0 aliphatic carbocycles. The number of benzene rings is 2. The average molecular weight is 600 g/mol. The number of anilines is 2. The molecule has 12 heteroatoms. The molecule has 41 heavy (non-hydrogen) atoms. The largest absolute Gasteiger partial charge is 0.507 e. The number of likely N-dealkylation sites (N-methyl/N-ethyl adjacent to an activating group) is 1. The molecule has 4 heterocycles. The Balaban J connectivity index is 1.62. The number of rotatable bonds is 4. The lowest BCUT2D eigenvalue weighted by Gasteiger charge is -2.52. The zero-order valence-electron chi connectivity index (χ0n) is 22.7. The first kappa shape index (κ1) is 27.6. The first-order chi connectivity index (χ1) is 19.5. The number of fused-ring (bicyclic) bond motifs is 4. The number of carbonyl (C=O) groups excluding carboxylic acids is 2. The molecule has 3 aliphatic rings. The van der Waals surface area contributed by atoms with Crippen LogP contribution in [0, 0.1) is 5.82 Å². The maximum Gasteiger partial charge on any atom is 0.251 e. The Morgan fingerprint density at radius 1 is 1.22 bits per heavy atom. The Morgan fingerprint density at radius 3 is 2.66 bits per heavy atom. The predicted molar refractivity (Wildman–Crippen MR) is 157 cm³/mol. The highest BCUT2D eigenvalue weighted by molar-refractivity contribution is 6.37. The number of halogens is 3. The number of aromatic hydroxyl groups is 1. The molecule has 0 radical (unpaired) electrons. The van der Waals surface area contributed by atoms with Crippen LogP contribution in [0.1, 0.15) is 6.92 Å². The van der Waals surface area contributed by atoms with Gasteiger partial charge in [0, 0.05) is 35.6 Å². The van der Waals surface area contributed by atoms with Crippen LogP contribution in [-0.2, 0) is 9.59 Å². The summed E-state index contributed by atoms with van der Waals surface area (Å²) < 4.78 is 22.8. The van der Waals surface area contributed by atoms with Gasteiger partial charge in [-0.05, 0) is 45.3 Å². The van der Waals surface area contributed by atoms with Crippen LogP contribution >= 0.6 is 23.2 Å². The zero-order valence-corrected chi connectivity index (χ0v) is 24.2. The van der Waals surface area contributed by atoms with E-state index in [1.165, 1.54) is 18.2 Å². The maximum absolute atomic E-state index is 16.5. The SMILES string of the molecule is C=CC(=O)N1C[C@@H]2C(=O)N3C[C@@H](CN(C)C)Oc4nc5c(F)c(-c6c(O)cccc6Cl)c(Cl)cc5c(c43)N2C[C@H]1C. The van der Waals surface area contributed by atoms with Gasteiger partial charge in [0.1, 0.15) is 29.1 Å². The number of amides is 2. The summed E-state index contributed by atoms with van der Waals surface area (Å²) in [6, 6.07) is 5.10. The standard InChI is InChI=1S/C29H28Cl2FN5O4/c1-5-21(39)35-13-19-29(40)37-12-15(11-34(3)4)41-28-27(37)26(36(19)10-14(35)2)16-9-18(31)23(24(32)25(16)33-28)22-17(30)7-6-8-20(22)38/h5-9,14-15,19,38H,1,10-13H2,2-4H3/t14-,15-,19-/m1/s1. The molecule has 214 valence electrons. The van der Waals surface area contributed by atoms with Gasteiger partial charge < -0.3 is 29.4 Å². The number of hydrogen-bond acceptors (Lipinski definition) is 7. The van der Waals surface area contributed by atoms with Gasteiger partial charge in [-0.25, -0.2) is 9.37 Å². The van der Waals surface area contributed by atoms with E-state index in [0.717, 1.165) is 0 Å². The monoisotopic (exact) mass is 599 g/mol. The fraction of sp³-hybridized carbons (Fsp3) is 0.345. The first-order valence-corrected chi connectivity index (χ1v) is 13.9. The number of phenols is 1. The Morgan fingerprint density at radius 2 is 1.98 bits per heavy atom. The Bertz CT molecular complexity index is 1610. The predicted octanol–water partition coefficient (Wildman–Crippen LogP) is 4.31. The first-order valence-electron chi connectivity index (χ1n) is 13.2. The van der Waals surface area contributed by atoms with Crippen molar-refractivity contribution in [2.24, 2.45) is 0 Å². The highest BCUT2D eigenvalue weighted by atomic mass is 35.5. The van der Waals surface area contributed by atoms with Crippen molar-refractivity contribution in [3.05, 3.63) is 52.8 Å². The fourth-order valence-electron chi connectivity index (χ4n) is 6.12. The number of phenolic OH excluding ortho intramolecular Hbond substituents is 1. The van der Waals surface area contributed by atoms with Crippen LogP contribution in [0.2, 0.25) is 10.0 Å². The van der Waals surface area contributed by atoms with Gasteiger partial charge in [0.2, 0.25) is 11.8 Å². The summed E-state index contributed by atoms with van der Waals surface area (Å²) in [6.07, 6.45) is 0.815. The van der Waals surface area contributed by atoms with Crippen molar-refractivity contribution >= 4 is 57.3 Å². The highest BCUT2D eigenvalue weighted by Crippen LogP contribution is 2.52. The smallest absolute Gasteiger partial charge is 0.251 e. The lowest BCUT2D eigenvalue weighted by atomic mass is 9.95. The van der Waals surface area contributed by atoms with E-state index in [9.17, 15) is 14.7 Å². The molecular formula is C29H28Cl2FN5O4. The Labute approximate surface area is 246 Å². The van der Waals surface area contributed by atoms with Crippen LogP contribution in [0.15, 0.2) is 36.9 Å². The van der Waals surface area contributed by atoms with E-state index in [2.05, 4.69) is 11.6 Å². The van der Waals surface area contributed by atoms with E-state index < -0.39 is 18.0 Å². The molecule has 0 bridgehead atoms. The van der Waals surface area contributed by atoms with Crippen LogP contribution in [0.5, 0.6) is 11.6 Å². The summed E-state index contributed by atoms with van der Waals surface area (Å²) in [5.41, 5.74) is 0.948. The molecular weight excluding hydrogens is 572 g/mol. The molecule has 1 aromatic heterocycles. The minimum Gasteiger partial charge on any atom is -0.507 e. The number of carbonyl (C=O) groups is 2.